The molecule has 0 fully saturated rings. The van der Waals surface area contributed by atoms with Gasteiger partial charge in [0.05, 0.1) is 28.9 Å². The fourth-order valence-corrected chi connectivity index (χ4v) is 3.40. The molecule has 25 heavy (non-hydrogen) atoms. The van der Waals surface area contributed by atoms with Crippen molar-refractivity contribution in [1.82, 2.24) is 15.5 Å². The van der Waals surface area contributed by atoms with Crippen LogP contribution < -0.4 is 14.8 Å². The van der Waals surface area contributed by atoms with Gasteiger partial charge in [-0.3, -0.25) is 9.89 Å². The topological polar surface area (TPSA) is 76.2 Å². The Morgan fingerprint density at radius 3 is 2.72 bits per heavy atom. The van der Waals surface area contributed by atoms with E-state index in [2.05, 4.69) is 31.4 Å². The van der Waals surface area contributed by atoms with Gasteiger partial charge in [0.1, 0.15) is 0 Å². The molecular formula is C17H21BrClN3O3. The lowest BCUT2D eigenvalue weighted by molar-refractivity contribution is 0.0945. The highest BCUT2D eigenvalue weighted by Gasteiger charge is 2.19. The summed E-state index contributed by atoms with van der Waals surface area (Å²) in [6, 6.07) is 3.53. The number of carbonyl (C=O) groups is 1. The maximum Gasteiger partial charge on any atom is 0.273 e. The number of aromatic amines is 1. The van der Waals surface area contributed by atoms with Crippen LogP contribution in [0.1, 0.15) is 48.4 Å². The van der Waals surface area contributed by atoms with Crippen LogP contribution >= 0.6 is 27.5 Å². The van der Waals surface area contributed by atoms with E-state index in [1.165, 1.54) is 0 Å². The second kappa shape index (κ2) is 8.58. The van der Waals surface area contributed by atoms with Crippen LogP contribution in [0.2, 0.25) is 5.02 Å². The predicted molar refractivity (Wildman–Crippen MR) is 101 cm³/mol. The minimum absolute atomic E-state index is 0.234. The summed E-state index contributed by atoms with van der Waals surface area (Å²) < 4.78 is 11.5. The number of hydrogen-bond donors (Lipinski definition) is 2. The lowest BCUT2D eigenvalue weighted by Gasteiger charge is -2.13. The van der Waals surface area contributed by atoms with Crippen molar-refractivity contribution < 1.29 is 14.3 Å². The minimum Gasteiger partial charge on any atom is -0.493 e. The molecular weight excluding hydrogens is 410 g/mol. The van der Waals surface area contributed by atoms with Gasteiger partial charge in [0.2, 0.25) is 0 Å². The van der Waals surface area contributed by atoms with Crippen molar-refractivity contribution in [2.45, 2.75) is 33.2 Å². The predicted octanol–water partition coefficient (Wildman–Crippen LogP) is 4.29. The molecule has 0 saturated heterocycles. The molecule has 0 saturated carbocycles. The second-order valence-electron chi connectivity index (χ2n) is 5.68. The molecule has 1 aromatic heterocycles. The Kier molecular flexibility index (Phi) is 6.72. The molecule has 0 atom stereocenters. The van der Waals surface area contributed by atoms with E-state index in [0.717, 1.165) is 11.3 Å². The first-order valence-electron chi connectivity index (χ1n) is 7.90. The highest BCUT2D eigenvalue weighted by molar-refractivity contribution is 9.10. The number of carbonyl (C=O) groups excluding carboxylic acids is 1. The molecule has 1 heterocycles. The van der Waals surface area contributed by atoms with Crippen LogP contribution in [-0.4, -0.2) is 29.8 Å². The second-order valence-corrected chi connectivity index (χ2v) is 6.88. The Morgan fingerprint density at radius 1 is 1.44 bits per heavy atom. The number of nitrogens with one attached hydrogen (secondary N) is 2. The monoisotopic (exact) mass is 429 g/mol. The molecule has 0 unspecified atom stereocenters. The summed E-state index contributed by atoms with van der Waals surface area (Å²) in [5, 5.41) is 10.2. The zero-order valence-corrected chi connectivity index (χ0v) is 16.9. The Bertz CT molecular complexity index is 762. The number of nitrogens with zero attached hydrogens (tertiary/aromatic N) is 1. The lowest BCUT2D eigenvalue weighted by atomic mass is 10.1. The van der Waals surface area contributed by atoms with Gasteiger partial charge < -0.3 is 14.8 Å². The van der Waals surface area contributed by atoms with E-state index in [-0.39, 0.29) is 18.4 Å². The van der Waals surface area contributed by atoms with E-state index in [1.54, 1.807) is 19.2 Å². The molecule has 0 radical (unpaired) electrons. The number of ether oxygens (including phenoxy) is 2. The Labute approximate surface area is 160 Å². The molecule has 2 aromatic rings. The fourth-order valence-electron chi connectivity index (χ4n) is 2.30. The summed E-state index contributed by atoms with van der Waals surface area (Å²) in [5.41, 5.74) is 2.01. The number of rotatable bonds is 7. The Morgan fingerprint density at radius 2 is 2.16 bits per heavy atom. The van der Waals surface area contributed by atoms with Gasteiger partial charge in [0, 0.05) is 6.54 Å². The zero-order chi connectivity index (χ0) is 18.6. The van der Waals surface area contributed by atoms with Crippen LogP contribution in [0.3, 0.4) is 0 Å². The van der Waals surface area contributed by atoms with Gasteiger partial charge in [-0.2, -0.15) is 5.10 Å². The molecule has 6 nitrogen and oxygen atoms in total. The first-order valence-corrected chi connectivity index (χ1v) is 9.07. The highest BCUT2D eigenvalue weighted by atomic mass is 79.9. The van der Waals surface area contributed by atoms with Gasteiger partial charge >= 0.3 is 0 Å². The van der Waals surface area contributed by atoms with E-state index in [0.29, 0.717) is 33.3 Å². The third-order valence-corrected chi connectivity index (χ3v) is 4.64. The molecule has 0 aliphatic rings. The molecule has 2 rings (SSSR count). The fraction of sp³-hybridized carbons (Fsp3) is 0.412. The van der Waals surface area contributed by atoms with Crippen molar-refractivity contribution in [2.24, 2.45) is 0 Å². The number of halogens is 2. The first kappa shape index (κ1) is 19.6. The van der Waals surface area contributed by atoms with E-state index < -0.39 is 0 Å². The average Bonchev–Trinajstić information content (AvgIpc) is 2.96. The van der Waals surface area contributed by atoms with E-state index >= 15 is 0 Å². The van der Waals surface area contributed by atoms with Crippen molar-refractivity contribution in [2.75, 3.05) is 13.7 Å². The molecule has 0 aliphatic carbocycles. The third-order valence-electron chi connectivity index (χ3n) is 3.56. The number of benzene rings is 1. The Balaban J connectivity index is 2.13. The summed E-state index contributed by atoms with van der Waals surface area (Å²) in [6.07, 6.45) is 0. The average molecular weight is 431 g/mol. The number of methoxy groups -OCH3 is 1. The maximum atomic E-state index is 12.4. The van der Waals surface area contributed by atoms with Crippen molar-refractivity contribution in [3.8, 4) is 11.5 Å². The van der Waals surface area contributed by atoms with Gasteiger partial charge in [0.15, 0.2) is 17.2 Å². The van der Waals surface area contributed by atoms with Gasteiger partial charge in [-0.1, -0.05) is 25.4 Å². The number of amides is 1. The van der Waals surface area contributed by atoms with Crippen LogP contribution in [0.4, 0.5) is 0 Å². The summed E-state index contributed by atoms with van der Waals surface area (Å²) in [6.45, 7) is 6.69. The Hall–Kier alpha value is -1.73. The highest BCUT2D eigenvalue weighted by Crippen LogP contribution is 2.36. The standard InChI is InChI=1S/C17H21BrClN3O3/c1-5-25-16-11(19)6-10(7-12(16)24-4)8-20-17(23)15-13(18)14(9(2)3)21-22-15/h6-7,9H,5,8H2,1-4H3,(H,20,23)(H,21,22). The SMILES string of the molecule is CCOc1c(Cl)cc(CNC(=O)c2n[nH]c(C(C)C)c2Br)cc1OC. The summed E-state index contributed by atoms with van der Waals surface area (Å²) >= 11 is 9.67. The van der Waals surface area contributed by atoms with Crippen LogP contribution in [0.5, 0.6) is 11.5 Å². The number of hydrogen-bond acceptors (Lipinski definition) is 4. The minimum atomic E-state index is -0.279. The largest absolute Gasteiger partial charge is 0.493 e. The quantitative estimate of drug-likeness (QED) is 0.687. The van der Waals surface area contributed by atoms with Crippen LogP contribution in [0, 0.1) is 0 Å². The summed E-state index contributed by atoms with van der Waals surface area (Å²) in [4.78, 5) is 12.4. The molecule has 0 bridgehead atoms. The first-order chi connectivity index (χ1) is 11.9. The molecule has 0 aliphatic heterocycles. The molecule has 8 heteroatoms. The normalized spacial score (nSPS) is 10.8. The smallest absolute Gasteiger partial charge is 0.273 e. The van der Waals surface area contributed by atoms with Crippen LogP contribution in [-0.2, 0) is 6.54 Å². The van der Waals surface area contributed by atoms with Crippen molar-refractivity contribution in [1.29, 1.82) is 0 Å². The molecule has 2 N–H and O–H groups in total. The van der Waals surface area contributed by atoms with E-state index in [9.17, 15) is 4.79 Å². The van der Waals surface area contributed by atoms with Crippen molar-refractivity contribution in [3.05, 3.63) is 38.6 Å². The van der Waals surface area contributed by atoms with Gasteiger partial charge in [0.25, 0.3) is 5.91 Å². The number of H-pyrrole nitrogens is 1. The number of aromatic nitrogens is 2. The molecule has 1 aromatic carbocycles. The summed E-state index contributed by atoms with van der Waals surface area (Å²) in [5.74, 6) is 0.983. The zero-order valence-electron chi connectivity index (χ0n) is 14.6. The molecule has 1 amide bonds. The van der Waals surface area contributed by atoms with Crippen molar-refractivity contribution >= 4 is 33.4 Å². The van der Waals surface area contributed by atoms with E-state index in [1.807, 2.05) is 20.8 Å². The van der Waals surface area contributed by atoms with Crippen LogP contribution in [0.25, 0.3) is 0 Å². The van der Waals surface area contributed by atoms with Gasteiger partial charge in [-0.15, -0.1) is 0 Å². The maximum absolute atomic E-state index is 12.4. The van der Waals surface area contributed by atoms with Gasteiger partial charge in [-0.25, -0.2) is 0 Å². The molecule has 136 valence electrons. The van der Waals surface area contributed by atoms with E-state index in [4.69, 9.17) is 21.1 Å². The van der Waals surface area contributed by atoms with Crippen molar-refractivity contribution in [3.63, 3.8) is 0 Å². The lowest BCUT2D eigenvalue weighted by Crippen LogP contribution is -2.23. The summed E-state index contributed by atoms with van der Waals surface area (Å²) in [7, 11) is 1.55. The van der Waals surface area contributed by atoms with Crippen LogP contribution in [0.15, 0.2) is 16.6 Å². The molecule has 0 spiro atoms. The van der Waals surface area contributed by atoms with Gasteiger partial charge in [-0.05, 0) is 46.5 Å². The third kappa shape index (κ3) is 4.46.